The number of hydrogen-bond acceptors (Lipinski definition) is 7. The smallest absolute Gasteiger partial charge is 0.367 e. The molecule has 5 rings (SSSR count). The number of fused-ring (bicyclic) bond motifs is 3. The lowest BCUT2D eigenvalue weighted by Gasteiger charge is -2.36. The lowest BCUT2D eigenvalue weighted by atomic mass is 9.93. The Morgan fingerprint density at radius 2 is 1.64 bits per heavy atom. The minimum absolute atomic E-state index is 0.0413. The van der Waals surface area contributed by atoms with Gasteiger partial charge in [-0.2, -0.15) is 13.2 Å². The number of ketones is 2. The van der Waals surface area contributed by atoms with Gasteiger partial charge in [0.25, 0.3) is 0 Å². The summed E-state index contributed by atoms with van der Waals surface area (Å²) in [6.07, 6.45) is -3.48. The van der Waals surface area contributed by atoms with E-state index in [0.717, 1.165) is 0 Å². The zero-order chi connectivity index (χ0) is 23.5. The van der Waals surface area contributed by atoms with Crippen molar-refractivity contribution in [2.24, 2.45) is 0 Å². The predicted molar refractivity (Wildman–Crippen MR) is 110 cm³/mol. The van der Waals surface area contributed by atoms with Crippen LogP contribution in [0.3, 0.4) is 0 Å². The number of anilines is 1. The van der Waals surface area contributed by atoms with Crippen molar-refractivity contribution in [1.82, 2.24) is 19.9 Å². The summed E-state index contributed by atoms with van der Waals surface area (Å²) in [5.41, 5.74) is -2.63. The van der Waals surface area contributed by atoms with E-state index in [1.54, 1.807) is 4.90 Å². The molecule has 33 heavy (non-hydrogen) atoms. The van der Waals surface area contributed by atoms with E-state index in [0.29, 0.717) is 0 Å². The van der Waals surface area contributed by atoms with Crippen molar-refractivity contribution >= 4 is 34.2 Å². The Kier molecular flexibility index (Phi) is 4.66. The molecule has 1 fully saturated rings. The highest BCUT2D eigenvalue weighted by molar-refractivity contribution is 6.26. The zero-order valence-corrected chi connectivity index (χ0v) is 17.3. The molecule has 0 radical (unpaired) electrons. The lowest BCUT2D eigenvalue weighted by molar-refractivity contribution is -0.136. The van der Waals surface area contributed by atoms with Crippen LogP contribution in [0.2, 0.25) is 0 Å². The first kappa shape index (κ1) is 21.0. The predicted octanol–water partition coefficient (Wildman–Crippen LogP) is 2.49. The molecule has 1 amide bonds. The van der Waals surface area contributed by atoms with Crippen molar-refractivity contribution in [3.05, 3.63) is 58.7 Å². The molecular formula is C22H16F3N5O3. The normalized spacial score (nSPS) is 16.1. The molecule has 1 aliphatic carbocycles. The molecule has 2 aromatic heterocycles. The van der Waals surface area contributed by atoms with Crippen LogP contribution >= 0.6 is 0 Å². The summed E-state index contributed by atoms with van der Waals surface area (Å²) in [4.78, 5) is 52.4. The van der Waals surface area contributed by atoms with Crippen LogP contribution in [0.15, 0.2) is 30.5 Å². The summed E-state index contributed by atoms with van der Waals surface area (Å²) in [6, 6.07) is 5.56. The Morgan fingerprint density at radius 3 is 2.30 bits per heavy atom. The zero-order valence-electron chi connectivity index (χ0n) is 17.3. The number of halogens is 3. The summed E-state index contributed by atoms with van der Waals surface area (Å²) in [6.45, 7) is 2.41. The summed E-state index contributed by atoms with van der Waals surface area (Å²) in [5, 5.41) is 0. The van der Waals surface area contributed by atoms with Crippen molar-refractivity contribution in [2.45, 2.75) is 13.1 Å². The van der Waals surface area contributed by atoms with E-state index in [2.05, 4.69) is 15.0 Å². The SMILES string of the molecule is CC(=O)N1CCN(c2ccc3nc4c(nc3c2C(F)(F)F)C(=O)c2ncccc2C4=O)CC1. The fourth-order valence-electron chi connectivity index (χ4n) is 4.24. The quantitative estimate of drug-likeness (QED) is 0.435. The maximum absolute atomic E-state index is 14.3. The van der Waals surface area contributed by atoms with Gasteiger partial charge < -0.3 is 9.80 Å². The van der Waals surface area contributed by atoms with Crippen LogP contribution in [-0.2, 0) is 11.0 Å². The van der Waals surface area contributed by atoms with Crippen LogP contribution in [0.4, 0.5) is 18.9 Å². The lowest BCUT2D eigenvalue weighted by Crippen LogP contribution is -2.48. The van der Waals surface area contributed by atoms with Crippen molar-refractivity contribution in [2.75, 3.05) is 31.1 Å². The second kappa shape index (κ2) is 7.32. The Balaban J connectivity index is 1.67. The fraction of sp³-hybridized carbons (Fsp3) is 0.273. The van der Waals surface area contributed by atoms with E-state index < -0.39 is 34.5 Å². The monoisotopic (exact) mass is 455 g/mol. The van der Waals surface area contributed by atoms with E-state index >= 15 is 0 Å². The molecular weight excluding hydrogens is 439 g/mol. The maximum Gasteiger partial charge on any atom is 0.420 e. The molecule has 1 aromatic carbocycles. The molecule has 0 saturated carbocycles. The van der Waals surface area contributed by atoms with Crippen LogP contribution in [0.5, 0.6) is 0 Å². The van der Waals surface area contributed by atoms with Crippen LogP contribution < -0.4 is 4.90 Å². The van der Waals surface area contributed by atoms with Gasteiger partial charge in [0, 0.05) is 39.3 Å². The van der Waals surface area contributed by atoms with Crippen molar-refractivity contribution < 1.29 is 27.6 Å². The van der Waals surface area contributed by atoms with Crippen LogP contribution in [0.1, 0.15) is 44.7 Å². The molecule has 2 aliphatic rings. The van der Waals surface area contributed by atoms with Gasteiger partial charge in [-0.05, 0) is 24.3 Å². The Hall–Kier alpha value is -3.89. The van der Waals surface area contributed by atoms with Crippen molar-refractivity contribution in [3.8, 4) is 0 Å². The molecule has 3 aromatic rings. The second-order valence-electron chi connectivity index (χ2n) is 7.80. The van der Waals surface area contributed by atoms with Crippen molar-refractivity contribution in [3.63, 3.8) is 0 Å². The molecule has 3 heterocycles. The summed E-state index contributed by atoms with van der Waals surface area (Å²) < 4.78 is 42.8. The van der Waals surface area contributed by atoms with Gasteiger partial charge in [0.05, 0.1) is 16.8 Å². The van der Waals surface area contributed by atoms with Crippen LogP contribution in [-0.4, -0.2) is 63.5 Å². The molecule has 0 atom stereocenters. The molecule has 11 heteroatoms. The first-order chi connectivity index (χ1) is 15.7. The highest BCUT2D eigenvalue weighted by atomic mass is 19.4. The number of carbonyl (C=O) groups excluding carboxylic acids is 3. The minimum Gasteiger partial charge on any atom is -0.367 e. The number of rotatable bonds is 1. The molecule has 168 valence electrons. The first-order valence-corrected chi connectivity index (χ1v) is 10.1. The summed E-state index contributed by atoms with van der Waals surface area (Å²) >= 11 is 0. The van der Waals surface area contributed by atoms with Crippen LogP contribution in [0, 0.1) is 0 Å². The molecule has 0 spiro atoms. The number of hydrogen-bond donors (Lipinski definition) is 0. The number of piperazine rings is 1. The van der Waals surface area contributed by atoms with Crippen LogP contribution in [0.25, 0.3) is 11.0 Å². The Labute approximate surface area is 185 Å². The average molecular weight is 455 g/mol. The van der Waals surface area contributed by atoms with Gasteiger partial charge in [0.1, 0.15) is 28.2 Å². The number of benzene rings is 1. The highest BCUT2D eigenvalue weighted by Crippen LogP contribution is 2.41. The van der Waals surface area contributed by atoms with E-state index in [-0.39, 0.29) is 60.2 Å². The minimum atomic E-state index is -4.80. The first-order valence-electron chi connectivity index (χ1n) is 10.1. The number of pyridine rings is 1. The van der Waals surface area contributed by atoms with Gasteiger partial charge in [-0.3, -0.25) is 19.4 Å². The molecule has 0 unspecified atom stereocenters. The third kappa shape index (κ3) is 3.31. The number of carbonyl (C=O) groups is 3. The van der Waals surface area contributed by atoms with Gasteiger partial charge in [-0.1, -0.05) is 0 Å². The third-order valence-electron chi connectivity index (χ3n) is 5.86. The topological polar surface area (TPSA) is 96.4 Å². The molecule has 0 bridgehead atoms. The summed E-state index contributed by atoms with van der Waals surface area (Å²) in [7, 11) is 0. The molecule has 1 saturated heterocycles. The van der Waals surface area contributed by atoms with E-state index in [4.69, 9.17) is 0 Å². The largest absolute Gasteiger partial charge is 0.420 e. The van der Waals surface area contributed by atoms with Gasteiger partial charge in [0.2, 0.25) is 17.5 Å². The number of aromatic nitrogens is 3. The summed E-state index contributed by atoms with van der Waals surface area (Å²) in [5.74, 6) is -1.50. The number of amides is 1. The Bertz CT molecular complexity index is 1350. The van der Waals surface area contributed by atoms with E-state index in [1.165, 1.54) is 42.3 Å². The van der Waals surface area contributed by atoms with E-state index in [1.807, 2.05) is 0 Å². The number of alkyl halides is 3. The Morgan fingerprint density at radius 1 is 0.939 bits per heavy atom. The van der Waals surface area contributed by atoms with Gasteiger partial charge in [-0.15, -0.1) is 0 Å². The molecule has 8 nitrogen and oxygen atoms in total. The number of nitrogens with zero attached hydrogens (tertiary/aromatic N) is 5. The fourth-order valence-corrected chi connectivity index (χ4v) is 4.24. The third-order valence-corrected chi connectivity index (χ3v) is 5.86. The van der Waals surface area contributed by atoms with Gasteiger partial charge in [-0.25, -0.2) is 9.97 Å². The van der Waals surface area contributed by atoms with E-state index in [9.17, 15) is 27.6 Å². The standard InChI is InChI=1S/C22H16F3N5O3/c1-11(31)29-7-9-30(10-8-29)14-5-4-13-17(15(14)22(23,24)25)28-19-18(27-13)20(32)12-3-2-6-26-16(12)21(19)33/h2-6H,7-10H2,1H3. The maximum atomic E-state index is 14.3. The van der Waals surface area contributed by atoms with Crippen molar-refractivity contribution in [1.29, 1.82) is 0 Å². The average Bonchev–Trinajstić information content (AvgIpc) is 2.80. The van der Waals surface area contributed by atoms with Gasteiger partial charge >= 0.3 is 6.18 Å². The second-order valence-corrected chi connectivity index (χ2v) is 7.80. The molecule has 0 N–H and O–H groups in total. The molecule has 1 aliphatic heterocycles. The van der Waals surface area contributed by atoms with Gasteiger partial charge in [0.15, 0.2) is 0 Å². The highest BCUT2D eigenvalue weighted by Gasteiger charge is 2.41.